The molecule has 1 heteroatoms. The fraction of sp³-hybridized carbons (Fsp3) is 0. The molecule has 0 amide bonds. The molecule has 13 rings (SSSR count). The van der Waals surface area contributed by atoms with Crippen LogP contribution in [0.25, 0.3) is 126 Å². The van der Waals surface area contributed by atoms with Crippen molar-refractivity contribution < 1.29 is 0 Å². The second-order valence-electron chi connectivity index (χ2n) is 16.7. The van der Waals surface area contributed by atoms with Crippen molar-refractivity contribution in [2.75, 3.05) is 0 Å². The summed E-state index contributed by atoms with van der Waals surface area (Å²) in [6.45, 7) is 0. The summed E-state index contributed by atoms with van der Waals surface area (Å²) in [7, 11) is 0. The molecule has 0 atom stereocenters. The van der Waals surface area contributed by atoms with Gasteiger partial charge in [0.1, 0.15) is 0 Å². The van der Waals surface area contributed by atoms with Gasteiger partial charge in [0.2, 0.25) is 0 Å². The first-order valence-electron chi connectivity index (χ1n) is 21.9. The van der Waals surface area contributed by atoms with Crippen LogP contribution in [-0.4, -0.2) is 4.57 Å². The van der Waals surface area contributed by atoms with Crippen LogP contribution >= 0.6 is 0 Å². The van der Waals surface area contributed by atoms with Crippen LogP contribution < -0.4 is 0 Å². The molecule has 0 fully saturated rings. The van der Waals surface area contributed by atoms with Gasteiger partial charge in [-0.1, -0.05) is 206 Å². The molecule has 1 aromatic heterocycles. The smallest absolute Gasteiger partial charge is 0.0553 e. The third kappa shape index (κ3) is 5.37. The molecule has 0 N–H and O–H groups in total. The second-order valence-corrected chi connectivity index (χ2v) is 16.7. The second kappa shape index (κ2) is 14.2. The molecule has 0 bridgehead atoms. The van der Waals surface area contributed by atoms with E-state index < -0.39 is 0 Å². The monoisotopic (exact) mass is 797 g/mol. The van der Waals surface area contributed by atoms with Crippen LogP contribution in [0.1, 0.15) is 0 Å². The highest BCUT2D eigenvalue weighted by Crippen LogP contribution is 2.53. The number of para-hydroxylation sites is 2. The highest BCUT2D eigenvalue weighted by Gasteiger charge is 2.27. The number of rotatable bonds is 5. The van der Waals surface area contributed by atoms with E-state index in [1.54, 1.807) is 0 Å². The third-order valence-corrected chi connectivity index (χ3v) is 13.3. The third-order valence-electron chi connectivity index (χ3n) is 13.3. The van der Waals surface area contributed by atoms with Crippen molar-refractivity contribution >= 4 is 75.7 Å². The van der Waals surface area contributed by atoms with E-state index in [2.05, 4.69) is 241 Å². The Morgan fingerprint density at radius 3 is 1.22 bits per heavy atom. The Bertz CT molecular complexity index is 3840. The maximum Gasteiger partial charge on any atom is 0.0553 e. The number of aromatic nitrogens is 1. The maximum atomic E-state index is 2.47. The van der Waals surface area contributed by atoms with Crippen LogP contribution in [0.3, 0.4) is 0 Å². The summed E-state index contributed by atoms with van der Waals surface area (Å²) in [6.07, 6.45) is 0. The van der Waals surface area contributed by atoms with Gasteiger partial charge in [-0.25, -0.2) is 0 Å². The first-order valence-corrected chi connectivity index (χ1v) is 21.9. The minimum atomic E-state index is 1.14. The van der Waals surface area contributed by atoms with Crippen LogP contribution in [0.2, 0.25) is 0 Å². The van der Waals surface area contributed by atoms with Crippen LogP contribution in [-0.2, 0) is 0 Å². The average Bonchev–Trinajstić information content (AvgIpc) is 3.69. The Kier molecular flexibility index (Phi) is 7.98. The average molecular weight is 798 g/mol. The van der Waals surface area contributed by atoms with Gasteiger partial charge in [0.25, 0.3) is 0 Å². The Hall–Kier alpha value is -8.26. The number of benzene rings is 12. The zero-order valence-electron chi connectivity index (χ0n) is 34.5. The van der Waals surface area contributed by atoms with Gasteiger partial charge in [0, 0.05) is 22.0 Å². The topological polar surface area (TPSA) is 4.93 Å². The molecule has 292 valence electrons. The van der Waals surface area contributed by atoms with Gasteiger partial charge >= 0.3 is 0 Å². The van der Waals surface area contributed by atoms with Gasteiger partial charge < -0.3 is 4.57 Å². The lowest BCUT2D eigenvalue weighted by Gasteiger charge is -2.24. The molecule has 0 saturated heterocycles. The summed E-state index contributed by atoms with van der Waals surface area (Å²) in [5, 5.41) is 15.1. The van der Waals surface area contributed by atoms with Gasteiger partial charge in [-0.05, 0) is 123 Å². The van der Waals surface area contributed by atoms with Gasteiger partial charge in [-0.15, -0.1) is 0 Å². The maximum absolute atomic E-state index is 2.47. The molecule has 12 aromatic carbocycles. The van der Waals surface area contributed by atoms with Gasteiger partial charge in [0.05, 0.1) is 11.0 Å². The van der Waals surface area contributed by atoms with E-state index in [1.807, 2.05) is 0 Å². The van der Waals surface area contributed by atoms with Crippen LogP contribution in [0, 0.1) is 0 Å². The molecular weight excluding hydrogens is 759 g/mol. The molecule has 0 aliphatic heterocycles. The van der Waals surface area contributed by atoms with E-state index in [0.717, 1.165) is 5.69 Å². The highest BCUT2D eigenvalue weighted by atomic mass is 15.0. The van der Waals surface area contributed by atoms with Gasteiger partial charge in [-0.3, -0.25) is 0 Å². The summed E-state index contributed by atoms with van der Waals surface area (Å²) in [4.78, 5) is 0. The van der Waals surface area contributed by atoms with Crippen molar-refractivity contribution in [1.29, 1.82) is 0 Å². The highest BCUT2D eigenvalue weighted by molar-refractivity contribution is 6.30. The van der Waals surface area contributed by atoms with E-state index >= 15 is 0 Å². The molecular formula is C62H39N. The van der Waals surface area contributed by atoms with Crippen molar-refractivity contribution in [3.8, 4) is 50.2 Å². The summed E-state index contributed by atoms with van der Waals surface area (Å²) in [5.41, 5.74) is 13.3. The van der Waals surface area contributed by atoms with Gasteiger partial charge in [-0.2, -0.15) is 0 Å². The molecule has 63 heavy (non-hydrogen) atoms. The van der Waals surface area contributed by atoms with Crippen molar-refractivity contribution in [2.45, 2.75) is 0 Å². The van der Waals surface area contributed by atoms with Crippen LogP contribution in [0.5, 0.6) is 0 Å². The van der Waals surface area contributed by atoms with E-state index in [0.29, 0.717) is 0 Å². The summed E-state index contributed by atoms with van der Waals surface area (Å²) >= 11 is 0. The van der Waals surface area contributed by atoms with E-state index in [9.17, 15) is 0 Å². The number of fused-ring (bicyclic) bond motifs is 11. The van der Waals surface area contributed by atoms with Crippen molar-refractivity contribution in [3.05, 3.63) is 237 Å². The molecule has 0 aliphatic carbocycles. The molecule has 0 unspecified atom stereocenters. The number of nitrogens with zero attached hydrogens (tertiary/aromatic N) is 1. The molecule has 0 aliphatic rings. The van der Waals surface area contributed by atoms with Crippen molar-refractivity contribution in [1.82, 2.24) is 4.57 Å². The van der Waals surface area contributed by atoms with E-state index in [-0.39, 0.29) is 0 Å². The standard InChI is InChI=1S/C62H39N/c1-4-20-40(21-5-1)54-39-57-61(53-34-18-19-35-56(53)63(57)43-24-8-3-9-25-43)59(41-22-6-2-7-23-41)62(54)60-51-32-16-14-30-49(51)58(50-31-15-17-33-52(50)60)42-36-37-48-46-28-11-10-26-44(46)45-27-12-13-29-47(45)55(48)38-42/h1-39H. The minimum Gasteiger partial charge on any atom is -0.309 e. The fourth-order valence-corrected chi connectivity index (χ4v) is 10.8. The summed E-state index contributed by atoms with van der Waals surface area (Å²) in [6, 6.07) is 87.5. The lowest BCUT2D eigenvalue weighted by atomic mass is 9.79. The summed E-state index contributed by atoms with van der Waals surface area (Å²) in [5.74, 6) is 0. The lowest BCUT2D eigenvalue weighted by Crippen LogP contribution is -1.98. The molecule has 0 spiro atoms. The molecule has 0 radical (unpaired) electrons. The predicted molar refractivity (Wildman–Crippen MR) is 270 cm³/mol. The van der Waals surface area contributed by atoms with E-state index in [4.69, 9.17) is 0 Å². The Balaban J connectivity index is 1.21. The zero-order chi connectivity index (χ0) is 41.4. The van der Waals surface area contributed by atoms with Crippen LogP contribution in [0.4, 0.5) is 0 Å². The molecule has 13 aromatic rings. The normalized spacial score (nSPS) is 11.8. The number of hydrogen-bond donors (Lipinski definition) is 0. The van der Waals surface area contributed by atoms with Gasteiger partial charge in [0.15, 0.2) is 0 Å². The van der Waals surface area contributed by atoms with Crippen LogP contribution in [0.15, 0.2) is 237 Å². The predicted octanol–water partition coefficient (Wildman–Crippen LogP) is 17.2. The quantitative estimate of drug-likeness (QED) is 0.121. The first kappa shape index (κ1) is 35.5. The van der Waals surface area contributed by atoms with Crippen molar-refractivity contribution in [3.63, 3.8) is 0 Å². The minimum absolute atomic E-state index is 1.14. The molecule has 0 saturated carbocycles. The first-order chi connectivity index (χ1) is 31.3. The fourth-order valence-electron chi connectivity index (χ4n) is 10.8. The molecule has 1 heterocycles. The summed E-state index contributed by atoms with van der Waals surface area (Å²) < 4.78 is 2.46. The Labute approximate surface area is 365 Å². The number of hydrogen-bond acceptors (Lipinski definition) is 0. The zero-order valence-corrected chi connectivity index (χ0v) is 34.5. The SMILES string of the molecule is c1ccc(-c2cc3c(c(-c4ccccc4)c2-c2c4ccccc4c(-c4ccc5c6ccccc6c6ccccc6c5c4)c4ccccc24)c2ccccc2n3-c2ccccc2)cc1. The Morgan fingerprint density at radius 2 is 0.651 bits per heavy atom. The lowest BCUT2D eigenvalue weighted by molar-refractivity contribution is 1.18. The Morgan fingerprint density at radius 1 is 0.222 bits per heavy atom. The van der Waals surface area contributed by atoms with Crippen molar-refractivity contribution in [2.24, 2.45) is 0 Å². The molecule has 1 nitrogen and oxygen atoms in total. The van der Waals surface area contributed by atoms with E-state index in [1.165, 1.54) is 120 Å². The largest absolute Gasteiger partial charge is 0.309 e.